The molecule has 29 heavy (non-hydrogen) atoms. The third-order valence-corrected chi connectivity index (χ3v) is 3.73. The van der Waals surface area contributed by atoms with Crippen molar-refractivity contribution in [1.29, 1.82) is 0 Å². The van der Waals surface area contributed by atoms with E-state index in [2.05, 4.69) is 4.98 Å². The summed E-state index contributed by atoms with van der Waals surface area (Å²) in [5.41, 5.74) is -0.337. The van der Waals surface area contributed by atoms with Crippen LogP contribution in [0.4, 0.5) is 15.5 Å². The molecule has 1 aromatic carbocycles. The van der Waals surface area contributed by atoms with Crippen molar-refractivity contribution >= 4 is 30.0 Å². The van der Waals surface area contributed by atoms with Gasteiger partial charge in [-0.1, -0.05) is 30.3 Å². The number of carbonyl (C=O) groups excluding carboxylic acids is 2. The van der Waals surface area contributed by atoms with Crippen molar-refractivity contribution in [3.8, 4) is 0 Å². The first-order chi connectivity index (χ1) is 13.5. The Bertz CT molecular complexity index is 936. The third kappa shape index (κ3) is 4.59. The Morgan fingerprint density at radius 2 is 1.41 bits per heavy atom. The van der Waals surface area contributed by atoms with Crippen LogP contribution in [0.2, 0.25) is 0 Å². The monoisotopic (exact) mass is 398 g/mol. The van der Waals surface area contributed by atoms with E-state index < -0.39 is 23.4 Å². The molecule has 154 valence electrons. The Labute approximate surface area is 170 Å². The van der Waals surface area contributed by atoms with E-state index in [1.165, 1.54) is 0 Å². The number of imidazole rings is 1. The van der Waals surface area contributed by atoms with Gasteiger partial charge < -0.3 is 9.47 Å². The number of anilines is 1. The molecule has 0 atom stereocenters. The van der Waals surface area contributed by atoms with Gasteiger partial charge in [0.2, 0.25) is 5.95 Å². The van der Waals surface area contributed by atoms with Crippen LogP contribution in [0.15, 0.2) is 42.7 Å². The Kier molecular flexibility index (Phi) is 5.13. The summed E-state index contributed by atoms with van der Waals surface area (Å²) in [6.45, 7) is 10.6. The van der Waals surface area contributed by atoms with E-state index in [0.717, 1.165) is 15.6 Å². The van der Waals surface area contributed by atoms with Crippen LogP contribution in [0.1, 0.15) is 47.1 Å². The van der Waals surface area contributed by atoms with Crippen LogP contribution in [0, 0.1) is 0 Å². The summed E-state index contributed by atoms with van der Waals surface area (Å²) < 4.78 is 12.8. The quantitative estimate of drug-likeness (QED) is 0.693. The fourth-order valence-electron chi connectivity index (χ4n) is 2.71. The lowest BCUT2D eigenvalue weighted by Gasteiger charge is -2.38. The van der Waals surface area contributed by atoms with E-state index in [9.17, 15) is 9.59 Å². The number of hydrazine groups is 1. The van der Waals surface area contributed by atoms with E-state index in [1.807, 2.05) is 30.3 Å². The molecule has 1 aliphatic heterocycles. The van der Waals surface area contributed by atoms with Crippen molar-refractivity contribution < 1.29 is 19.1 Å². The van der Waals surface area contributed by atoms with Gasteiger partial charge >= 0.3 is 12.2 Å². The zero-order valence-electron chi connectivity index (χ0n) is 17.5. The topological polar surface area (TPSA) is 76.9 Å². The van der Waals surface area contributed by atoms with Crippen LogP contribution in [0.25, 0.3) is 11.9 Å². The molecule has 8 heteroatoms. The predicted octanol–water partition coefficient (Wildman–Crippen LogP) is 4.75. The second-order valence-electron chi connectivity index (χ2n) is 8.60. The van der Waals surface area contributed by atoms with Crippen LogP contribution in [-0.4, -0.2) is 37.9 Å². The summed E-state index contributed by atoms with van der Waals surface area (Å²) in [5.74, 6) is 0.227. The summed E-state index contributed by atoms with van der Waals surface area (Å²) >= 11 is 0. The lowest BCUT2D eigenvalue weighted by molar-refractivity contribution is 0.0232. The zero-order valence-corrected chi connectivity index (χ0v) is 17.5. The van der Waals surface area contributed by atoms with Crippen molar-refractivity contribution in [1.82, 2.24) is 14.6 Å². The number of fused-ring (bicyclic) bond motifs is 1. The van der Waals surface area contributed by atoms with Crippen molar-refractivity contribution in [2.24, 2.45) is 0 Å². The van der Waals surface area contributed by atoms with Gasteiger partial charge in [0.05, 0.1) is 5.70 Å². The summed E-state index contributed by atoms with van der Waals surface area (Å²) in [4.78, 5) is 30.5. The molecule has 2 amide bonds. The van der Waals surface area contributed by atoms with Crippen molar-refractivity contribution in [3.05, 3.63) is 48.3 Å². The van der Waals surface area contributed by atoms with Gasteiger partial charge in [-0.05, 0) is 41.5 Å². The maximum atomic E-state index is 13.2. The molecule has 2 heterocycles. The Morgan fingerprint density at radius 1 is 0.862 bits per heavy atom. The number of rotatable bonds is 1. The summed E-state index contributed by atoms with van der Waals surface area (Å²) in [5, 5.41) is 2.26. The summed E-state index contributed by atoms with van der Waals surface area (Å²) in [7, 11) is 0. The molecule has 0 radical (unpaired) electrons. The predicted molar refractivity (Wildman–Crippen MR) is 110 cm³/mol. The number of nitrogens with zero attached hydrogens (tertiary/aromatic N) is 4. The maximum Gasteiger partial charge on any atom is 0.437 e. The molecule has 0 fully saturated rings. The van der Waals surface area contributed by atoms with Gasteiger partial charge in [-0.2, -0.15) is 5.01 Å². The van der Waals surface area contributed by atoms with Crippen molar-refractivity contribution in [3.63, 3.8) is 0 Å². The van der Waals surface area contributed by atoms with Gasteiger partial charge in [0.1, 0.15) is 11.2 Å². The molecule has 2 aromatic rings. The fourth-order valence-corrected chi connectivity index (χ4v) is 2.71. The van der Waals surface area contributed by atoms with Gasteiger partial charge in [-0.25, -0.2) is 14.6 Å². The Hall–Kier alpha value is -3.29. The lowest BCUT2D eigenvalue weighted by atomic mass is 10.1. The zero-order chi connectivity index (χ0) is 21.4. The van der Waals surface area contributed by atoms with Gasteiger partial charge in [0.25, 0.3) is 0 Å². The minimum absolute atomic E-state index is 0.227. The second-order valence-corrected chi connectivity index (χ2v) is 8.60. The highest BCUT2D eigenvalue weighted by Gasteiger charge is 2.41. The summed E-state index contributed by atoms with van der Waals surface area (Å²) in [6, 6.07) is 9.27. The molecule has 0 saturated carbocycles. The van der Waals surface area contributed by atoms with Crippen LogP contribution >= 0.6 is 0 Å². The molecule has 0 aliphatic carbocycles. The smallest absolute Gasteiger partial charge is 0.437 e. The molecular formula is C21H26N4O4. The van der Waals surface area contributed by atoms with Crippen LogP contribution in [0.3, 0.4) is 0 Å². The number of ether oxygens (including phenoxy) is 2. The lowest BCUT2D eigenvalue weighted by Crippen LogP contribution is -2.54. The Morgan fingerprint density at radius 3 is 1.97 bits per heavy atom. The molecule has 0 spiro atoms. The number of benzene rings is 1. The first-order valence-electron chi connectivity index (χ1n) is 9.32. The number of aromatic nitrogens is 2. The first kappa shape index (κ1) is 20.4. The van der Waals surface area contributed by atoms with Crippen molar-refractivity contribution in [2.75, 3.05) is 5.01 Å². The van der Waals surface area contributed by atoms with E-state index in [4.69, 9.17) is 9.47 Å². The van der Waals surface area contributed by atoms with Crippen molar-refractivity contribution in [2.45, 2.75) is 52.7 Å². The molecule has 8 nitrogen and oxygen atoms in total. The normalized spacial score (nSPS) is 14.2. The minimum atomic E-state index is -0.762. The summed E-state index contributed by atoms with van der Waals surface area (Å²) in [6.07, 6.45) is 3.51. The van der Waals surface area contributed by atoms with Gasteiger partial charge in [-0.15, -0.1) is 5.01 Å². The van der Waals surface area contributed by atoms with Crippen LogP contribution in [0.5, 0.6) is 0 Å². The molecule has 3 rings (SSSR count). The third-order valence-electron chi connectivity index (χ3n) is 3.73. The standard InChI is InChI=1S/C21H26N4O4/c1-20(2,3)28-18(26)24-16(15-10-8-7-9-11-15)14-23-13-12-22-17(23)25(24)19(27)29-21(4,5)6/h7-14H,1-6H3. The van der Waals surface area contributed by atoms with Gasteiger partial charge in [-0.3, -0.25) is 4.57 Å². The van der Waals surface area contributed by atoms with Crippen LogP contribution < -0.4 is 5.01 Å². The fraction of sp³-hybridized carbons (Fsp3) is 0.381. The number of hydrogen-bond donors (Lipinski definition) is 0. The highest BCUT2D eigenvalue weighted by Crippen LogP contribution is 2.33. The molecule has 1 aromatic heterocycles. The highest BCUT2D eigenvalue weighted by atomic mass is 16.6. The molecule has 0 unspecified atom stereocenters. The number of amides is 2. The molecule has 0 saturated heterocycles. The van der Waals surface area contributed by atoms with E-state index in [1.54, 1.807) is 64.7 Å². The average molecular weight is 398 g/mol. The SMILES string of the molecule is CC(C)(C)OC(=O)N1C(c2ccccc2)=Cn2ccnc2N1C(=O)OC(C)(C)C. The van der Waals surface area contributed by atoms with Gasteiger partial charge in [0.15, 0.2) is 0 Å². The first-order valence-corrected chi connectivity index (χ1v) is 9.32. The largest absolute Gasteiger partial charge is 0.442 e. The van der Waals surface area contributed by atoms with E-state index in [-0.39, 0.29) is 5.95 Å². The van der Waals surface area contributed by atoms with E-state index in [0.29, 0.717) is 5.70 Å². The van der Waals surface area contributed by atoms with Gasteiger partial charge in [0, 0.05) is 24.2 Å². The number of hydrogen-bond acceptors (Lipinski definition) is 5. The number of carbonyl (C=O) groups is 2. The van der Waals surface area contributed by atoms with E-state index >= 15 is 0 Å². The Balaban J connectivity index is 2.14. The molecule has 0 bridgehead atoms. The highest BCUT2D eigenvalue weighted by molar-refractivity contribution is 5.98. The van der Waals surface area contributed by atoms with Crippen LogP contribution in [-0.2, 0) is 9.47 Å². The average Bonchev–Trinajstić information content (AvgIpc) is 3.06. The maximum absolute atomic E-state index is 13.2. The molecular weight excluding hydrogens is 372 g/mol. The minimum Gasteiger partial charge on any atom is -0.442 e. The molecule has 0 N–H and O–H groups in total. The molecule has 1 aliphatic rings. The second kappa shape index (κ2) is 7.27.